The van der Waals surface area contributed by atoms with Crippen molar-refractivity contribution >= 4 is 27.3 Å². The summed E-state index contributed by atoms with van der Waals surface area (Å²) in [5, 5.41) is 13.5. The van der Waals surface area contributed by atoms with Gasteiger partial charge in [0.25, 0.3) is 0 Å². The van der Waals surface area contributed by atoms with Gasteiger partial charge >= 0.3 is 0 Å². The number of carbonyl (C=O) groups excluding carboxylic acids is 1. The molecule has 41 heavy (non-hydrogen) atoms. The van der Waals surface area contributed by atoms with E-state index in [0.717, 1.165) is 64.2 Å². The number of rotatable bonds is 8. The summed E-state index contributed by atoms with van der Waals surface area (Å²) in [5.41, 5.74) is 3.29. The number of aromatic nitrogens is 1. The Morgan fingerprint density at radius 2 is 1.54 bits per heavy atom. The van der Waals surface area contributed by atoms with Crippen molar-refractivity contribution in [2.24, 2.45) is 10.8 Å². The number of aliphatic hydroxyl groups excluding tert-OH is 1. The summed E-state index contributed by atoms with van der Waals surface area (Å²) in [6, 6.07) is 18.7. The second-order valence-corrected chi connectivity index (χ2v) is 11.3. The third kappa shape index (κ3) is 7.50. The van der Waals surface area contributed by atoms with Crippen LogP contribution in [0.2, 0.25) is 0 Å². The molecule has 0 aliphatic heterocycles. The van der Waals surface area contributed by atoms with Gasteiger partial charge in [-0.3, -0.25) is 4.79 Å². The van der Waals surface area contributed by atoms with Gasteiger partial charge in [-0.05, 0) is 59.7 Å². The molecule has 1 N–H and O–H groups in total. The van der Waals surface area contributed by atoms with Crippen LogP contribution in [0.25, 0.3) is 32.8 Å². The van der Waals surface area contributed by atoms with Crippen LogP contribution in [0.4, 0.5) is 4.39 Å². The van der Waals surface area contributed by atoms with Gasteiger partial charge in [0, 0.05) is 48.6 Å². The number of fused-ring (bicyclic) bond motifs is 3. The monoisotopic (exact) mass is 733 g/mol. The van der Waals surface area contributed by atoms with E-state index in [9.17, 15) is 14.3 Å². The zero-order chi connectivity index (χ0) is 29.7. The Morgan fingerprint density at radius 3 is 2.12 bits per heavy atom. The second-order valence-electron chi connectivity index (χ2n) is 11.3. The van der Waals surface area contributed by atoms with Gasteiger partial charge < -0.3 is 10.1 Å². The van der Waals surface area contributed by atoms with E-state index < -0.39 is 0 Å². The molecule has 4 aromatic rings. The minimum absolute atomic E-state index is 0. The Labute approximate surface area is 258 Å². The number of halogens is 1. The fourth-order valence-corrected chi connectivity index (χ4v) is 4.91. The standard InChI is InChI=1S/C21H15FN.C15H28O2.Ir/c1-13-9-14(2)11-16(10-13)21-20-17-6-4-3-5-15(17)12-19(22)18(20)7-8-23-21;1-7-14(5,8-2)12(16)11-13(17)15(6,9-3)10-4;/h3-10,12H,1-2H3;11,16H,7-10H2,1-6H3;/q-1;;/b;12-11-;. The second kappa shape index (κ2) is 14.3. The molecule has 3 nitrogen and oxygen atoms in total. The summed E-state index contributed by atoms with van der Waals surface area (Å²) in [7, 11) is 0. The molecule has 0 bridgehead atoms. The van der Waals surface area contributed by atoms with Gasteiger partial charge in [0.15, 0.2) is 5.78 Å². The number of hydrogen-bond acceptors (Lipinski definition) is 3. The molecular formula is C36H43FIrNO2-. The van der Waals surface area contributed by atoms with Crippen molar-refractivity contribution in [3.8, 4) is 11.3 Å². The zero-order valence-corrected chi connectivity index (χ0v) is 28.0. The van der Waals surface area contributed by atoms with Crippen LogP contribution >= 0.6 is 0 Å². The fourth-order valence-electron chi connectivity index (χ4n) is 4.91. The summed E-state index contributed by atoms with van der Waals surface area (Å²) in [5.74, 6) is 0.0699. The Kier molecular flexibility index (Phi) is 12.0. The Bertz CT molecular complexity index is 1510. The predicted molar refractivity (Wildman–Crippen MR) is 166 cm³/mol. The van der Waals surface area contributed by atoms with Crippen LogP contribution in [-0.2, 0) is 24.9 Å². The van der Waals surface area contributed by atoms with E-state index in [1.54, 1.807) is 18.3 Å². The number of nitrogens with zero attached hydrogens (tertiary/aromatic N) is 1. The fraction of sp³-hybridized carbons (Fsp3) is 0.389. The first-order valence-corrected chi connectivity index (χ1v) is 14.3. The van der Waals surface area contributed by atoms with E-state index >= 15 is 0 Å². The predicted octanol–water partition coefficient (Wildman–Crippen LogP) is 10.3. The van der Waals surface area contributed by atoms with E-state index in [4.69, 9.17) is 0 Å². The largest absolute Gasteiger partial charge is 0.512 e. The van der Waals surface area contributed by atoms with Gasteiger partial charge in [0.05, 0.1) is 0 Å². The number of ketones is 1. The van der Waals surface area contributed by atoms with Crippen LogP contribution in [0, 0.1) is 36.6 Å². The van der Waals surface area contributed by atoms with Crippen molar-refractivity contribution in [3.63, 3.8) is 0 Å². The normalized spacial score (nSPS) is 12.1. The average Bonchev–Trinajstić information content (AvgIpc) is 2.95. The Hall–Kier alpha value is -2.88. The Balaban J connectivity index is 0.000000296. The molecule has 1 aromatic heterocycles. The molecule has 0 atom stereocenters. The van der Waals surface area contributed by atoms with Crippen LogP contribution < -0.4 is 0 Å². The first kappa shape index (κ1) is 34.3. The van der Waals surface area contributed by atoms with E-state index in [1.165, 1.54) is 6.08 Å². The molecule has 0 amide bonds. The molecule has 4 rings (SSSR count). The maximum Gasteiger partial charge on any atom is 0.164 e. The number of hydrogen-bond donors (Lipinski definition) is 1. The summed E-state index contributed by atoms with van der Waals surface area (Å²) in [4.78, 5) is 16.7. The molecule has 0 fully saturated rings. The molecule has 0 saturated heterocycles. The van der Waals surface area contributed by atoms with Gasteiger partial charge in [0.2, 0.25) is 0 Å². The van der Waals surface area contributed by atoms with Gasteiger partial charge in [-0.25, -0.2) is 4.39 Å². The number of allylic oxidation sites excluding steroid dienone is 2. The van der Waals surface area contributed by atoms with E-state index in [0.29, 0.717) is 5.39 Å². The number of aryl methyl sites for hydroxylation is 2. The average molecular weight is 733 g/mol. The van der Waals surface area contributed by atoms with Crippen molar-refractivity contribution in [1.29, 1.82) is 0 Å². The summed E-state index contributed by atoms with van der Waals surface area (Å²) in [6.45, 7) is 16.1. The summed E-state index contributed by atoms with van der Waals surface area (Å²) in [6.07, 6.45) is 6.42. The van der Waals surface area contributed by atoms with E-state index in [1.807, 2.05) is 79.7 Å². The molecule has 221 valence electrons. The van der Waals surface area contributed by atoms with Gasteiger partial charge in [-0.2, -0.15) is 0 Å². The Morgan fingerprint density at radius 1 is 0.927 bits per heavy atom. The zero-order valence-electron chi connectivity index (χ0n) is 25.6. The van der Waals surface area contributed by atoms with Gasteiger partial charge in [-0.1, -0.05) is 79.7 Å². The molecule has 0 spiro atoms. The number of pyridine rings is 1. The third-order valence-electron chi connectivity index (χ3n) is 8.73. The molecule has 5 heteroatoms. The number of benzene rings is 3. The van der Waals surface area contributed by atoms with E-state index in [2.05, 4.69) is 23.2 Å². The van der Waals surface area contributed by atoms with Crippen LogP contribution in [0.15, 0.2) is 66.6 Å². The van der Waals surface area contributed by atoms with Crippen molar-refractivity contribution in [2.45, 2.75) is 81.1 Å². The van der Waals surface area contributed by atoms with Crippen LogP contribution in [0.3, 0.4) is 0 Å². The molecule has 0 aliphatic carbocycles. The van der Waals surface area contributed by atoms with Crippen LogP contribution in [0.1, 0.15) is 78.4 Å². The van der Waals surface area contributed by atoms with Crippen LogP contribution in [0.5, 0.6) is 0 Å². The maximum atomic E-state index is 14.5. The SMILES string of the molecule is CCC(C)(CC)C(=O)/C=C(\O)C(C)(CC)CC.Cc1[c-]c(-c2nccc3c(F)cc4ccccc4c23)cc(C)c1.[Ir]. The first-order valence-electron chi connectivity index (χ1n) is 14.3. The minimum Gasteiger partial charge on any atom is -0.512 e. The topological polar surface area (TPSA) is 50.2 Å². The number of carbonyl (C=O) groups is 1. The van der Waals surface area contributed by atoms with E-state index in [-0.39, 0.29) is 48.3 Å². The maximum absolute atomic E-state index is 14.5. The van der Waals surface area contributed by atoms with Gasteiger partial charge in [0.1, 0.15) is 11.6 Å². The molecule has 0 saturated carbocycles. The molecule has 1 heterocycles. The first-order chi connectivity index (χ1) is 18.9. The van der Waals surface area contributed by atoms with Crippen LogP contribution in [-0.4, -0.2) is 15.9 Å². The summed E-state index contributed by atoms with van der Waals surface area (Å²) < 4.78 is 14.5. The van der Waals surface area contributed by atoms with Crippen molar-refractivity contribution in [2.75, 3.05) is 0 Å². The van der Waals surface area contributed by atoms with Gasteiger partial charge in [-0.15, -0.1) is 34.9 Å². The van der Waals surface area contributed by atoms with Crippen molar-refractivity contribution in [1.82, 2.24) is 4.98 Å². The smallest absolute Gasteiger partial charge is 0.164 e. The van der Waals surface area contributed by atoms with Crippen molar-refractivity contribution < 1.29 is 34.4 Å². The molecule has 0 unspecified atom stereocenters. The summed E-state index contributed by atoms with van der Waals surface area (Å²) >= 11 is 0. The van der Waals surface area contributed by atoms with Crippen molar-refractivity contribution in [3.05, 3.63) is 89.6 Å². The quantitative estimate of drug-likeness (QED) is 0.0850. The molecule has 3 aromatic carbocycles. The molecular weight excluding hydrogens is 690 g/mol. The third-order valence-corrected chi connectivity index (χ3v) is 8.73. The molecule has 0 aliphatic rings. The molecule has 1 radical (unpaired) electrons. The minimum atomic E-state index is -0.337. The number of aliphatic hydroxyl groups is 1.